The third-order valence-electron chi connectivity index (χ3n) is 3.39. The van der Waals surface area contributed by atoms with E-state index in [1.165, 1.54) is 12.1 Å². The van der Waals surface area contributed by atoms with Gasteiger partial charge in [-0.2, -0.15) is 0 Å². The van der Waals surface area contributed by atoms with Gasteiger partial charge in [0.05, 0.1) is 16.4 Å². The van der Waals surface area contributed by atoms with Crippen molar-refractivity contribution in [3.8, 4) is 0 Å². The van der Waals surface area contributed by atoms with Gasteiger partial charge in [0.15, 0.2) is 0 Å². The molecule has 132 valence electrons. The van der Waals surface area contributed by atoms with E-state index in [9.17, 15) is 13.6 Å². The minimum absolute atomic E-state index is 0.00513. The van der Waals surface area contributed by atoms with Gasteiger partial charge in [-0.1, -0.05) is 23.7 Å². The summed E-state index contributed by atoms with van der Waals surface area (Å²) in [5.41, 5.74) is 1.00. The van der Waals surface area contributed by atoms with Crippen LogP contribution in [0.4, 0.5) is 26.1 Å². The van der Waals surface area contributed by atoms with E-state index in [1.54, 1.807) is 31.2 Å². The van der Waals surface area contributed by atoms with Crippen LogP contribution in [0, 0.1) is 18.6 Å². The molecule has 0 saturated heterocycles. The molecule has 8 heteroatoms. The lowest BCUT2D eigenvalue weighted by atomic mass is 10.2. The number of anilines is 3. The zero-order chi connectivity index (χ0) is 18.7. The standard InChI is InChI=1S/C18H13ClF2N4O/c1-10-8-16(17(26)23-14-5-3-2-4-12(14)19)25-18(22-10)24-15-7-6-11(20)9-13(15)21/h2-9H,1H3,(H,23,26)(H,22,24,25). The van der Waals surface area contributed by atoms with Crippen LogP contribution in [0.1, 0.15) is 16.2 Å². The fraction of sp³-hybridized carbons (Fsp3) is 0.0556. The van der Waals surface area contributed by atoms with Crippen molar-refractivity contribution in [1.82, 2.24) is 9.97 Å². The van der Waals surface area contributed by atoms with Gasteiger partial charge in [0, 0.05) is 11.8 Å². The molecule has 0 spiro atoms. The van der Waals surface area contributed by atoms with Crippen molar-refractivity contribution in [2.75, 3.05) is 10.6 Å². The summed E-state index contributed by atoms with van der Waals surface area (Å²) in [5, 5.41) is 5.68. The van der Waals surface area contributed by atoms with Gasteiger partial charge in [0.2, 0.25) is 5.95 Å². The molecule has 3 rings (SSSR count). The number of hydrogen-bond donors (Lipinski definition) is 2. The molecule has 0 aliphatic carbocycles. The average Bonchev–Trinajstić information content (AvgIpc) is 2.59. The number of carbonyl (C=O) groups is 1. The molecular weight excluding hydrogens is 362 g/mol. The van der Waals surface area contributed by atoms with Gasteiger partial charge < -0.3 is 10.6 Å². The summed E-state index contributed by atoms with van der Waals surface area (Å²) in [4.78, 5) is 20.6. The summed E-state index contributed by atoms with van der Waals surface area (Å²) in [5.74, 6) is -1.97. The second-order valence-corrected chi connectivity index (χ2v) is 5.81. The molecule has 0 atom stereocenters. The third-order valence-corrected chi connectivity index (χ3v) is 3.72. The largest absolute Gasteiger partial charge is 0.322 e. The Balaban J connectivity index is 1.85. The molecule has 2 aromatic carbocycles. The Hall–Kier alpha value is -3.06. The van der Waals surface area contributed by atoms with Crippen LogP contribution in [0.15, 0.2) is 48.5 Å². The van der Waals surface area contributed by atoms with Crippen molar-refractivity contribution in [1.29, 1.82) is 0 Å². The van der Waals surface area contributed by atoms with Gasteiger partial charge >= 0.3 is 0 Å². The van der Waals surface area contributed by atoms with E-state index in [1.807, 2.05) is 0 Å². The zero-order valence-corrected chi connectivity index (χ0v) is 14.3. The van der Waals surface area contributed by atoms with E-state index in [-0.39, 0.29) is 17.3 Å². The molecule has 0 aliphatic rings. The molecule has 5 nitrogen and oxygen atoms in total. The molecule has 1 amide bonds. The molecule has 26 heavy (non-hydrogen) atoms. The monoisotopic (exact) mass is 374 g/mol. The first-order valence-electron chi connectivity index (χ1n) is 7.56. The molecule has 3 aromatic rings. The van der Waals surface area contributed by atoms with E-state index in [0.717, 1.165) is 12.1 Å². The summed E-state index contributed by atoms with van der Waals surface area (Å²) in [7, 11) is 0. The fourth-order valence-corrected chi connectivity index (χ4v) is 2.38. The fourth-order valence-electron chi connectivity index (χ4n) is 2.20. The number of hydrogen-bond acceptors (Lipinski definition) is 4. The highest BCUT2D eigenvalue weighted by molar-refractivity contribution is 6.33. The van der Waals surface area contributed by atoms with Crippen molar-refractivity contribution in [3.05, 3.63) is 76.6 Å². The quantitative estimate of drug-likeness (QED) is 0.694. The molecule has 0 radical (unpaired) electrons. The lowest BCUT2D eigenvalue weighted by Crippen LogP contribution is -2.16. The SMILES string of the molecule is Cc1cc(C(=O)Nc2ccccc2Cl)nc(Nc2ccc(F)cc2F)n1. The van der Waals surface area contributed by atoms with E-state index in [2.05, 4.69) is 20.6 Å². The number of para-hydroxylation sites is 1. The van der Waals surface area contributed by atoms with E-state index >= 15 is 0 Å². The molecule has 0 saturated carbocycles. The van der Waals surface area contributed by atoms with Crippen molar-refractivity contribution in [2.24, 2.45) is 0 Å². The molecule has 0 unspecified atom stereocenters. The van der Waals surface area contributed by atoms with Crippen LogP contribution in [-0.2, 0) is 0 Å². The van der Waals surface area contributed by atoms with Crippen molar-refractivity contribution in [2.45, 2.75) is 6.92 Å². The Bertz CT molecular complexity index is 981. The maximum absolute atomic E-state index is 13.8. The van der Waals surface area contributed by atoms with Crippen LogP contribution in [0.5, 0.6) is 0 Å². The maximum atomic E-state index is 13.8. The Kier molecular flexibility index (Phi) is 5.09. The summed E-state index contributed by atoms with van der Waals surface area (Å²) < 4.78 is 26.8. The van der Waals surface area contributed by atoms with Crippen molar-refractivity contribution < 1.29 is 13.6 Å². The Morgan fingerprint density at radius 3 is 2.54 bits per heavy atom. The Morgan fingerprint density at radius 2 is 1.81 bits per heavy atom. The molecular formula is C18H13ClF2N4O. The minimum atomic E-state index is -0.794. The van der Waals surface area contributed by atoms with Crippen LogP contribution in [-0.4, -0.2) is 15.9 Å². The van der Waals surface area contributed by atoms with Crippen LogP contribution in [0.25, 0.3) is 0 Å². The third kappa shape index (κ3) is 4.12. The Morgan fingerprint density at radius 1 is 1.04 bits per heavy atom. The Labute approximate surface area is 153 Å². The van der Waals surface area contributed by atoms with Crippen LogP contribution in [0.2, 0.25) is 5.02 Å². The van der Waals surface area contributed by atoms with Gasteiger partial charge in [0.25, 0.3) is 5.91 Å². The number of nitrogens with one attached hydrogen (secondary N) is 2. The minimum Gasteiger partial charge on any atom is -0.322 e. The van der Waals surface area contributed by atoms with Gasteiger partial charge in [-0.25, -0.2) is 18.7 Å². The molecule has 0 aliphatic heterocycles. The smallest absolute Gasteiger partial charge is 0.274 e. The second-order valence-electron chi connectivity index (χ2n) is 5.40. The molecule has 1 aromatic heterocycles. The summed E-state index contributed by atoms with van der Waals surface area (Å²) >= 11 is 6.02. The molecule has 2 N–H and O–H groups in total. The summed E-state index contributed by atoms with van der Waals surface area (Å²) in [6.07, 6.45) is 0. The molecule has 0 bridgehead atoms. The maximum Gasteiger partial charge on any atom is 0.274 e. The summed E-state index contributed by atoms with van der Waals surface area (Å²) in [6.45, 7) is 1.67. The number of halogens is 3. The highest BCUT2D eigenvalue weighted by atomic mass is 35.5. The number of aromatic nitrogens is 2. The number of nitrogens with zero attached hydrogens (tertiary/aromatic N) is 2. The number of amides is 1. The van der Waals surface area contributed by atoms with E-state index in [0.29, 0.717) is 16.4 Å². The zero-order valence-electron chi connectivity index (χ0n) is 13.6. The van der Waals surface area contributed by atoms with Gasteiger partial charge in [-0.15, -0.1) is 0 Å². The van der Waals surface area contributed by atoms with Crippen LogP contribution in [0.3, 0.4) is 0 Å². The number of benzene rings is 2. The predicted octanol–water partition coefficient (Wildman–Crippen LogP) is 4.71. The van der Waals surface area contributed by atoms with Gasteiger partial charge in [-0.3, -0.25) is 4.79 Å². The number of carbonyl (C=O) groups excluding carboxylic acids is 1. The normalized spacial score (nSPS) is 10.5. The van der Waals surface area contributed by atoms with Gasteiger partial charge in [0.1, 0.15) is 17.3 Å². The van der Waals surface area contributed by atoms with Crippen LogP contribution >= 0.6 is 11.6 Å². The van der Waals surface area contributed by atoms with Gasteiger partial charge in [-0.05, 0) is 37.3 Å². The number of aryl methyl sites for hydroxylation is 1. The van der Waals surface area contributed by atoms with Crippen molar-refractivity contribution >= 4 is 34.8 Å². The first-order valence-corrected chi connectivity index (χ1v) is 7.94. The van der Waals surface area contributed by atoms with E-state index < -0.39 is 17.5 Å². The van der Waals surface area contributed by atoms with E-state index in [4.69, 9.17) is 11.6 Å². The predicted molar refractivity (Wildman–Crippen MR) is 95.8 cm³/mol. The second kappa shape index (κ2) is 7.45. The first-order chi connectivity index (χ1) is 12.4. The first kappa shape index (κ1) is 17.8. The highest BCUT2D eigenvalue weighted by Crippen LogP contribution is 2.22. The summed E-state index contributed by atoms with van der Waals surface area (Å²) in [6, 6.07) is 11.3. The van der Waals surface area contributed by atoms with Crippen molar-refractivity contribution in [3.63, 3.8) is 0 Å². The highest BCUT2D eigenvalue weighted by Gasteiger charge is 2.13. The average molecular weight is 375 g/mol. The topological polar surface area (TPSA) is 66.9 Å². The number of rotatable bonds is 4. The lowest BCUT2D eigenvalue weighted by Gasteiger charge is -2.10. The van der Waals surface area contributed by atoms with Crippen LogP contribution < -0.4 is 10.6 Å². The molecule has 1 heterocycles. The molecule has 0 fully saturated rings. The lowest BCUT2D eigenvalue weighted by molar-refractivity contribution is 0.102.